The SMILES string of the molecule is C.C.C.C.C.C.SCc1ccc(CSC2(SCc3ccc(CS)cc3)CCCCC2)cc1.SCc1cccc(CSC2(SCc3cccc(CS)c3)CCCCC2)c1.SCc1ccccc1CSC1(SCc2ccccc2CS)CCCCC1. The zero-order valence-corrected chi connectivity index (χ0v) is 55.8. The van der Waals surface area contributed by atoms with Gasteiger partial charge in [0.1, 0.15) is 0 Å². The van der Waals surface area contributed by atoms with Crippen LogP contribution in [0.3, 0.4) is 0 Å². The first-order chi connectivity index (χ1) is 38.2. The summed E-state index contributed by atoms with van der Waals surface area (Å²) in [5.74, 6) is 11.5. The Morgan fingerprint density at radius 2 is 0.488 bits per heavy atom. The Bertz CT molecular complexity index is 2460. The van der Waals surface area contributed by atoms with Crippen LogP contribution < -0.4 is 0 Å². The predicted molar refractivity (Wildman–Crippen MR) is 420 cm³/mol. The molecule has 9 rings (SSSR count). The topological polar surface area (TPSA) is 0 Å². The summed E-state index contributed by atoms with van der Waals surface area (Å²) in [7, 11) is 0. The van der Waals surface area contributed by atoms with Crippen molar-refractivity contribution in [1.82, 2.24) is 0 Å². The van der Waals surface area contributed by atoms with Crippen molar-refractivity contribution in [2.75, 3.05) is 0 Å². The van der Waals surface area contributed by atoms with E-state index < -0.39 is 0 Å². The molecular formula is C72H108S12. The van der Waals surface area contributed by atoms with E-state index in [2.05, 4.69) is 292 Å². The van der Waals surface area contributed by atoms with E-state index >= 15 is 0 Å². The van der Waals surface area contributed by atoms with Gasteiger partial charge >= 0.3 is 0 Å². The fraction of sp³-hybridized carbons (Fsp3) is 0.500. The Balaban J connectivity index is 0.000000608. The van der Waals surface area contributed by atoms with E-state index in [4.69, 9.17) is 0 Å². The molecule has 0 aliphatic heterocycles. The maximum Gasteiger partial charge on any atom is 0.0617 e. The van der Waals surface area contributed by atoms with Crippen molar-refractivity contribution < 1.29 is 0 Å². The normalized spacial score (nSPS) is 15.4. The summed E-state index contributed by atoms with van der Waals surface area (Å²) in [6.07, 6.45) is 20.4. The molecule has 84 heavy (non-hydrogen) atoms. The van der Waals surface area contributed by atoms with Gasteiger partial charge in [0, 0.05) is 69.0 Å². The standard InChI is InChI=1S/3C22H28S4.6CH4/c23-14-18-8-2-4-10-20(18)16-25-22(12-6-1-7-13-22)26-17-21-11-5-3-9-19(21)15-24;23-14-18-4-8-20(9-5-18)16-25-22(12-2-1-3-13-22)26-17-21-10-6-19(15-24)7-11-21;23-14-18-6-4-8-20(12-18)16-25-22(10-2-1-3-11-22)26-17-21-9-5-7-19(13-21)15-24;;;;;;/h2-5,8-11,23-24H,1,6-7,12-17H2;4-11,23-24H,1-3,12-17H2;4-9,12-13,23-24H,1-3,10-11,14-17H2;6*1H4. The van der Waals surface area contributed by atoms with Crippen molar-refractivity contribution in [2.45, 2.75) is 222 Å². The fourth-order valence-corrected chi connectivity index (χ4v) is 21.2. The molecule has 0 spiro atoms. The fourth-order valence-electron chi connectivity index (χ4n) is 10.4. The molecule has 0 saturated heterocycles. The van der Waals surface area contributed by atoms with Crippen LogP contribution in [-0.2, 0) is 69.0 Å². The van der Waals surface area contributed by atoms with Crippen LogP contribution in [0.25, 0.3) is 0 Å². The van der Waals surface area contributed by atoms with Crippen LogP contribution in [0.1, 0.15) is 208 Å². The Kier molecular flexibility index (Phi) is 43.6. The van der Waals surface area contributed by atoms with E-state index in [0.717, 1.165) is 69.0 Å². The minimum Gasteiger partial charge on any atom is -0.175 e. The molecule has 12 heteroatoms. The van der Waals surface area contributed by atoms with Crippen LogP contribution in [0.2, 0.25) is 0 Å². The molecule has 0 N–H and O–H groups in total. The summed E-state index contributed by atoms with van der Waals surface area (Å²) < 4.78 is 1.10. The predicted octanol–water partition coefficient (Wildman–Crippen LogP) is 25.9. The van der Waals surface area contributed by atoms with E-state index in [-0.39, 0.29) is 44.6 Å². The van der Waals surface area contributed by atoms with Gasteiger partial charge in [0.25, 0.3) is 0 Å². The molecule has 0 nitrogen and oxygen atoms in total. The highest BCUT2D eigenvalue weighted by atomic mass is 32.2. The summed E-state index contributed by atoms with van der Waals surface area (Å²) in [6, 6.07) is 53.3. The van der Waals surface area contributed by atoms with Crippen LogP contribution >= 0.6 is 146 Å². The molecule has 0 amide bonds. The van der Waals surface area contributed by atoms with Crippen LogP contribution in [0, 0.1) is 0 Å². The number of hydrogen-bond acceptors (Lipinski definition) is 12. The highest BCUT2D eigenvalue weighted by molar-refractivity contribution is 8.18. The van der Waals surface area contributed by atoms with Crippen molar-refractivity contribution in [1.29, 1.82) is 0 Å². The second kappa shape index (κ2) is 44.9. The van der Waals surface area contributed by atoms with Gasteiger partial charge in [0.05, 0.1) is 12.2 Å². The summed E-state index contributed by atoms with van der Waals surface area (Å²) in [6.45, 7) is 0. The van der Waals surface area contributed by atoms with Gasteiger partial charge in [-0.15, -0.1) is 70.6 Å². The molecule has 0 bridgehead atoms. The van der Waals surface area contributed by atoms with Gasteiger partial charge in [0.2, 0.25) is 0 Å². The zero-order chi connectivity index (χ0) is 54.7. The van der Waals surface area contributed by atoms with E-state index in [9.17, 15) is 0 Å². The Morgan fingerprint density at radius 3 is 0.774 bits per heavy atom. The van der Waals surface area contributed by atoms with E-state index in [1.807, 2.05) is 0 Å². The van der Waals surface area contributed by atoms with Gasteiger partial charge in [-0.2, -0.15) is 75.8 Å². The smallest absolute Gasteiger partial charge is 0.0617 e. The minimum atomic E-state index is 0. The lowest BCUT2D eigenvalue weighted by molar-refractivity contribution is 0.490. The average Bonchev–Trinajstić information content (AvgIpc) is 3.53. The van der Waals surface area contributed by atoms with Crippen molar-refractivity contribution in [3.05, 3.63) is 212 Å². The molecule has 3 aliphatic rings. The second-order valence-electron chi connectivity index (χ2n) is 20.9. The van der Waals surface area contributed by atoms with E-state index in [0.29, 0.717) is 12.2 Å². The number of thioether (sulfide) groups is 6. The monoisotopic (exact) mass is 1360 g/mol. The van der Waals surface area contributed by atoms with Crippen LogP contribution in [0.4, 0.5) is 0 Å². The van der Waals surface area contributed by atoms with Gasteiger partial charge in [-0.1, -0.05) is 248 Å². The van der Waals surface area contributed by atoms with E-state index in [1.54, 1.807) is 0 Å². The highest BCUT2D eigenvalue weighted by Gasteiger charge is 2.35. The molecular weight excluding hydrogens is 1250 g/mol. The Hall–Kier alpha value is -0.480. The van der Waals surface area contributed by atoms with Crippen molar-refractivity contribution in [2.24, 2.45) is 0 Å². The molecule has 6 aromatic carbocycles. The second-order valence-corrected chi connectivity index (χ2v) is 31.7. The third-order valence-corrected chi connectivity index (χ3v) is 27.9. The quantitative estimate of drug-likeness (QED) is 0.0262. The van der Waals surface area contributed by atoms with Gasteiger partial charge in [-0.25, -0.2) is 0 Å². The summed E-state index contributed by atoms with van der Waals surface area (Å²) in [4.78, 5) is 0. The summed E-state index contributed by atoms with van der Waals surface area (Å²) in [5.41, 5.74) is 16.6. The zero-order valence-electron chi connectivity index (χ0n) is 45.6. The van der Waals surface area contributed by atoms with Crippen LogP contribution in [0.5, 0.6) is 0 Å². The van der Waals surface area contributed by atoms with Gasteiger partial charge in [-0.3, -0.25) is 0 Å². The van der Waals surface area contributed by atoms with Gasteiger partial charge in [0.15, 0.2) is 0 Å². The lowest BCUT2D eigenvalue weighted by Crippen LogP contribution is -2.24. The van der Waals surface area contributed by atoms with E-state index in [1.165, 1.54) is 163 Å². The molecule has 468 valence electrons. The van der Waals surface area contributed by atoms with Gasteiger partial charge in [-0.05, 0) is 105 Å². The first-order valence-electron chi connectivity index (χ1n) is 28.2. The third kappa shape index (κ3) is 27.2. The Morgan fingerprint density at radius 1 is 0.238 bits per heavy atom. The first kappa shape index (κ1) is 81.5. The largest absolute Gasteiger partial charge is 0.175 e. The maximum atomic E-state index is 4.51. The third-order valence-electron chi connectivity index (χ3n) is 15.2. The highest BCUT2D eigenvalue weighted by Crippen LogP contribution is 2.53. The lowest BCUT2D eigenvalue weighted by atomic mass is 10.00. The molecule has 0 atom stereocenters. The van der Waals surface area contributed by atoms with Crippen LogP contribution in [0.15, 0.2) is 146 Å². The average molecular weight is 1360 g/mol. The van der Waals surface area contributed by atoms with Gasteiger partial charge < -0.3 is 0 Å². The molecule has 3 fully saturated rings. The molecule has 3 saturated carbocycles. The maximum absolute atomic E-state index is 4.51. The van der Waals surface area contributed by atoms with Crippen molar-refractivity contribution in [3.8, 4) is 0 Å². The molecule has 6 aromatic rings. The lowest BCUT2D eigenvalue weighted by Gasteiger charge is -2.36. The molecule has 0 aromatic heterocycles. The number of rotatable bonds is 24. The molecule has 3 aliphatic carbocycles. The summed E-state index contributed by atoms with van der Waals surface area (Å²) in [5, 5.41) is 0. The summed E-state index contributed by atoms with van der Waals surface area (Å²) >= 11 is 39.6. The minimum absolute atomic E-state index is 0. The van der Waals surface area contributed by atoms with Crippen LogP contribution in [-0.4, -0.2) is 12.2 Å². The Labute approximate surface area is 575 Å². The number of thiol groups is 6. The molecule has 0 unspecified atom stereocenters. The number of hydrogen-bond donors (Lipinski definition) is 6. The first-order valence-corrected chi connectivity index (χ1v) is 37.9. The van der Waals surface area contributed by atoms with Crippen molar-refractivity contribution >= 4 is 146 Å². The molecule has 0 heterocycles. The van der Waals surface area contributed by atoms with Crippen molar-refractivity contribution in [3.63, 3.8) is 0 Å². The molecule has 0 radical (unpaired) electrons. The number of benzene rings is 6.